The van der Waals surface area contributed by atoms with E-state index in [4.69, 9.17) is 16.3 Å². The van der Waals surface area contributed by atoms with Crippen LogP contribution < -0.4 is 14.5 Å². The summed E-state index contributed by atoms with van der Waals surface area (Å²) in [7, 11) is 5.72. The highest BCUT2D eigenvalue weighted by molar-refractivity contribution is 7.16. The summed E-state index contributed by atoms with van der Waals surface area (Å²) in [5.74, 6) is 0.935. The molecule has 1 fully saturated rings. The van der Waals surface area contributed by atoms with Crippen molar-refractivity contribution < 1.29 is 4.74 Å². The van der Waals surface area contributed by atoms with Crippen LogP contribution in [0.4, 0.5) is 10.8 Å². The van der Waals surface area contributed by atoms with Gasteiger partial charge in [-0.3, -0.25) is 4.90 Å². The van der Waals surface area contributed by atoms with Crippen LogP contribution in [-0.2, 0) is 6.54 Å². The van der Waals surface area contributed by atoms with Gasteiger partial charge in [-0.25, -0.2) is 4.98 Å². The van der Waals surface area contributed by atoms with Gasteiger partial charge in [0.25, 0.3) is 0 Å². The molecular formula is C18H25ClN4OS. The van der Waals surface area contributed by atoms with Gasteiger partial charge in [0, 0.05) is 46.3 Å². The maximum Gasteiger partial charge on any atom is 0.186 e. The van der Waals surface area contributed by atoms with Crippen molar-refractivity contribution >= 4 is 33.8 Å². The van der Waals surface area contributed by atoms with Crippen LogP contribution in [-0.4, -0.2) is 56.8 Å². The summed E-state index contributed by atoms with van der Waals surface area (Å²) in [6.45, 7) is 6.05. The van der Waals surface area contributed by atoms with E-state index >= 15 is 0 Å². The average Bonchev–Trinajstić information content (AvgIpc) is 2.97. The largest absolute Gasteiger partial charge is 0.495 e. The third kappa shape index (κ3) is 4.02. The number of methoxy groups -OCH3 is 1. The Morgan fingerprint density at radius 2 is 2.08 bits per heavy atom. The maximum absolute atomic E-state index is 6.34. The molecule has 0 spiro atoms. The molecule has 0 aliphatic carbocycles. The Kier molecular flexibility index (Phi) is 5.71. The number of para-hydroxylation sites is 2. The minimum atomic E-state index is 0.430. The number of ether oxygens (including phenoxy) is 1. The molecule has 0 amide bonds. The van der Waals surface area contributed by atoms with E-state index in [2.05, 4.69) is 33.8 Å². The van der Waals surface area contributed by atoms with Crippen LogP contribution in [0.2, 0.25) is 5.15 Å². The minimum absolute atomic E-state index is 0.430. The molecule has 1 atom stereocenters. The number of rotatable bonds is 5. The van der Waals surface area contributed by atoms with Gasteiger partial charge < -0.3 is 14.5 Å². The fraction of sp³-hybridized carbons (Fsp3) is 0.500. The second kappa shape index (κ2) is 7.81. The molecule has 1 aliphatic heterocycles. The topological polar surface area (TPSA) is 31.8 Å². The normalized spacial score (nSPS) is 18.4. The van der Waals surface area contributed by atoms with Crippen molar-refractivity contribution in [1.82, 2.24) is 9.88 Å². The molecule has 0 unspecified atom stereocenters. The van der Waals surface area contributed by atoms with Crippen LogP contribution >= 0.6 is 22.9 Å². The average molecular weight is 381 g/mol. The van der Waals surface area contributed by atoms with E-state index in [1.165, 1.54) is 5.69 Å². The quantitative estimate of drug-likeness (QED) is 0.791. The van der Waals surface area contributed by atoms with E-state index in [0.717, 1.165) is 41.9 Å². The molecule has 2 aromatic rings. The highest BCUT2D eigenvalue weighted by Crippen LogP contribution is 2.32. The summed E-state index contributed by atoms with van der Waals surface area (Å²) < 4.78 is 5.51. The van der Waals surface area contributed by atoms with Crippen LogP contribution in [0.1, 0.15) is 11.8 Å². The lowest BCUT2D eigenvalue weighted by atomic mass is 10.1. The zero-order valence-electron chi connectivity index (χ0n) is 15.2. The Bertz CT molecular complexity index is 721. The lowest BCUT2D eigenvalue weighted by Gasteiger charge is -2.41. The van der Waals surface area contributed by atoms with E-state index in [0.29, 0.717) is 11.2 Å². The van der Waals surface area contributed by atoms with Crippen LogP contribution in [0.15, 0.2) is 24.3 Å². The van der Waals surface area contributed by atoms with E-state index < -0.39 is 0 Å². The van der Waals surface area contributed by atoms with Crippen molar-refractivity contribution in [3.63, 3.8) is 0 Å². The molecule has 1 aromatic heterocycles. The highest BCUT2D eigenvalue weighted by Gasteiger charge is 2.26. The maximum atomic E-state index is 6.34. The Morgan fingerprint density at radius 3 is 2.72 bits per heavy atom. The van der Waals surface area contributed by atoms with E-state index in [1.54, 1.807) is 18.4 Å². The fourth-order valence-electron chi connectivity index (χ4n) is 3.13. The van der Waals surface area contributed by atoms with Crippen molar-refractivity contribution in [3.05, 3.63) is 34.3 Å². The molecule has 1 saturated heterocycles. The van der Waals surface area contributed by atoms with Gasteiger partial charge in [0.1, 0.15) is 10.9 Å². The van der Waals surface area contributed by atoms with E-state index in [1.807, 2.05) is 31.1 Å². The molecule has 1 aromatic carbocycles. The standard InChI is InChI=1S/C18H25ClN4OS/c1-13-11-23(14-7-5-6-8-15(14)24-4)10-9-22(13)12-16-17(19)20-18(25-16)21(2)3/h5-8,13H,9-12H2,1-4H3/t13-/m1/s1. The third-order valence-corrected chi connectivity index (χ3v) is 6.19. The Balaban J connectivity index is 1.68. The molecule has 7 heteroatoms. The van der Waals surface area contributed by atoms with Gasteiger partial charge in [-0.1, -0.05) is 35.1 Å². The van der Waals surface area contributed by atoms with E-state index in [9.17, 15) is 0 Å². The summed E-state index contributed by atoms with van der Waals surface area (Å²) in [4.78, 5) is 12.5. The number of nitrogens with zero attached hydrogens (tertiary/aromatic N) is 4. The number of halogens is 1. The van der Waals surface area contributed by atoms with Crippen LogP contribution in [0, 0.1) is 0 Å². The van der Waals surface area contributed by atoms with Crippen LogP contribution in [0.5, 0.6) is 5.75 Å². The lowest BCUT2D eigenvalue weighted by Crippen LogP contribution is -2.51. The summed E-state index contributed by atoms with van der Waals surface area (Å²) in [6.07, 6.45) is 0. The zero-order valence-corrected chi connectivity index (χ0v) is 16.8. The van der Waals surface area contributed by atoms with Crippen LogP contribution in [0.25, 0.3) is 0 Å². The number of hydrogen-bond donors (Lipinski definition) is 0. The molecule has 5 nitrogen and oxygen atoms in total. The summed E-state index contributed by atoms with van der Waals surface area (Å²) in [5, 5.41) is 1.59. The first kappa shape index (κ1) is 18.3. The second-order valence-corrected chi connectivity index (χ2v) is 7.96. The van der Waals surface area contributed by atoms with Gasteiger partial charge >= 0.3 is 0 Å². The number of hydrogen-bond acceptors (Lipinski definition) is 6. The van der Waals surface area contributed by atoms with Crippen molar-refractivity contribution in [2.45, 2.75) is 19.5 Å². The van der Waals surface area contributed by atoms with Crippen LogP contribution in [0.3, 0.4) is 0 Å². The fourth-order valence-corrected chi connectivity index (χ4v) is 4.34. The molecule has 0 N–H and O–H groups in total. The van der Waals surface area contributed by atoms with Crippen molar-refractivity contribution in [2.75, 3.05) is 50.6 Å². The summed E-state index contributed by atoms with van der Waals surface area (Å²) in [6, 6.07) is 8.65. The van der Waals surface area contributed by atoms with Gasteiger partial charge in [0.15, 0.2) is 5.13 Å². The second-order valence-electron chi connectivity index (χ2n) is 6.54. The molecule has 1 aliphatic rings. The monoisotopic (exact) mass is 380 g/mol. The Morgan fingerprint density at radius 1 is 1.32 bits per heavy atom. The first-order chi connectivity index (χ1) is 12.0. The van der Waals surface area contributed by atoms with Crippen molar-refractivity contribution in [3.8, 4) is 5.75 Å². The summed E-state index contributed by atoms with van der Waals surface area (Å²) >= 11 is 8.01. The number of thiazole rings is 1. The first-order valence-corrected chi connectivity index (χ1v) is 9.63. The van der Waals surface area contributed by atoms with Crippen molar-refractivity contribution in [1.29, 1.82) is 0 Å². The predicted molar refractivity (Wildman–Crippen MR) is 107 cm³/mol. The van der Waals surface area contributed by atoms with Gasteiger partial charge in [-0.2, -0.15) is 0 Å². The molecule has 0 bridgehead atoms. The molecule has 0 saturated carbocycles. The summed E-state index contributed by atoms with van der Waals surface area (Å²) in [5.41, 5.74) is 1.17. The van der Waals surface area contributed by atoms with Gasteiger partial charge in [-0.15, -0.1) is 0 Å². The first-order valence-electron chi connectivity index (χ1n) is 8.44. The number of piperazine rings is 1. The number of aromatic nitrogens is 1. The van der Waals surface area contributed by atoms with Gasteiger partial charge in [0.2, 0.25) is 0 Å². The Labute approximate surface area is 158 Å². The molecular weight excluding hydrogens is 356 g/mol. The molecule has 2 heterocycles. The molecule has 3 rings (SSSR count). The SMILES string of the molecule is COc1ccccc1N1CCN(Cc2sc(N(C)C)nc2Cl)[C@H](C)C1. The molecule has 25 heavy (non-hydrogen) atoms. The van der Waals surface area contributed by atoms with Gasteiger partial charge in [0.05, 0.1) is 17.7 Å². The third-order valence-electron chi connectivity index (χ3n) is 4.56. The number of anilines is 2. The smallest absolute Gasteiger partial charge is 0.186 e. The van der Waals surface area contributed by atoms with Crippen molar-refractivity contribution in [2.24, 2.45) is 0 Å². The van der Waals surface area contributed by atoms with E-state index in [-0.39, 0.29) is 0 Å². The molecule has 136 valence electrons. The Hall–Kier alpha value is -1.50. The zero-order chi connectivity index (χ0) is 18.0. The highest BCUT2D eigenvalue weighted by atomic mass is 35.5. The number of benzene rings is 1. The van der Waals surface area contributed by atoms with Gasteiger partial charge in [-0.05, 0) is 19.1 Å². The lowest BCUT2D eigenvalue weighted by molar-refractivity contribution is 0.182. The predicted octanol–water partition coefficient (Wildman–Crippen LogP) is 3.58. The minimum Gasteiger partial charge on any atom is -0.495 e. The molecule has 0 radical (unpaired) electrons.